The molecule has 24 heavy (non-hydrogen) atoms. The van der Waals surface area contributed by atoms with Crippen molar-refractivity contribution in [1.82, 2.24) is 15.6 Å². The summed E-state index contributed by atoms with van der Waals surface area (Å²) in [6, 6.07) is 14.2. The van der Waals surface area contributed by atoms with Gasteiger partial charge >= 0.3 is 0 Å². The minimum atomic E-state index is 0.442. The maximum atomic E-state index is 5.59. The molecule has 1 aromatic heterocycles. The average Bonchev–Trinajstić information content (AvgIpc) is 2.63. The molecule has 128 valence electrons. The summed E-state index contributed by atoms with van der Waals surface area (Å²) in [5.74, 6) is 1.56. The Hall–Kier alpha value is -2.21. The van der Waals surface area contributed by atoms with Gasteiger partial charge in [-0.25, -0.2) is 0 Å². The maximum absolute atomic E-state index is 5.59. The number of aliphatic imine (C=N–C) groups is 1. The summed E-state index contributed by atoms with van der Waals surface area (Å²) in [4.78, 5) is 9.52. The number of hydrogen-bond acceptors (Lipinski definition) is 4. The second-order valence-corrected chi connectivity index (χ2v) is 6.67. The lowest BCUT2D eigenvalue weighted by Crippen LogP contribution is -2.41. The second kappa shape index (κ2) is 10.5. The molecule has 0 amide bonds. The van der Waals surface area contributed by atoms with Crippen LogP contribution >= 0.6 is 11.8 Å². The maximum Gasteiger partial charge on any atom is 0.191 e. The van der Waals surface area contributed by atoms with Crippen molar-refractivity contribution in [3.63, 3.8) is 0 Å². The van der Waals surface area contributed by atoms with Crippen LogP contribution < -0.4 is 15.4 Å². The van der Waals surface area contributed by atoms with Gasteiger partial charge in [-0.2, -0.15) is 0 Å². The van der Waals surface area contributed by atoms with Crippen molar-refractivity contribution in [2.24, 2.45) is 4.99 Å². The van der Waals surface area contributed by atoms with E-state index in [0.717, 1.165) is 18.3 Å². The smallest absolute Gasteiger partial charge is 0.191 e. The third-order valence-electron chi connectivity index (χ3n) is 3.16. The van der Waals surface area contributed by atoms with E-state index in [1.807, 2.05) is 30.0 Å². The highest BCUT2D eigenvalue weighted by atomic mass is 32.2. The van der Waals surface area contributed by atoms with Crippen molar-refractivity contribution >= 4 is 17.7 Å². The Morgan fingerprint density at radius 2 is 2.04 bits per heavy atom. The van der Waals surface area contributed by atoms with Crippen LogP contribution in [0.1, 0.15) is 6.92 Å². The summed E-state index contributed by atoms with van der Waals surface area (Å²) >= 11 is 1.84. The molecule has 1 heterocycles. The molecule has 2 rings (SSSR count). The Morgan fingerprint density at radius 3 is 2.75 bits per heavy atom. The molecule has 0 saturated carbocycles. The fourth-order valence-corrected chi connectivity index (χ4v) is 2.95. The van der Waals surface area contributed by atoms with Crippen molar-refractivity contribution in [2.45, 2.75) is 17.1 Å². The number of nitrogens with zero attached hydrogens (tertiary/aromatic N) is 2. The van der Waals surface area contributed by atoms with E-state index in [1.165, 1.54) is 4.90 Å². The fourth-order valence-electron chi connectivity index (χ4n) is 2.00. The molecule has 6 heteroatoms. The predicted molar refractivity (Wildman–Crippen MR) is 101 cm³/mol. The molecule has 0 saturated heterocycles. The molecule has 0 radical (unpaired) electrons. The lowest BCUT2D eigenvalue weighted by atomic mass is 10.4. The quantitative estimate of drug-likeness (QED) is 0.334. The van der Waals surface area contributed by atoms with Crippen molar-refractivity contribution in [3.05, 3.63) is 54.9 Å². The van der Waals surface area contributed by atoms with Gasteiger partial charge in [0.1, 0.15) is 12.4 Å². The first-order chi connectivity index (χ1) is 11.8. The van der Waals surface area contributed by atoms with Gasteiger partial charge in [0.15, 0.2) is 5.96 Å². The topological polar surface area (TPSA) is 58.5 Å². The molecule has 1 aromatic carbocycles. The third kappa shape index (κ3) is 6.91. The van der Waals surface area contributed by atoms with Gasteiger partial charge in [0.25, 0.3) is 0 Å². The fraction of sp³-hybridized carbons (Fsp3) is 0.333. The van der Waals surface area contributed by atoms with E-state index < -0.39 is 0 Å². The number of thioether (sulfide) groups is 1. The van der Waals surface area contributed by atoms with Crippen LogP contribution in [0.15, 0.2) is 64.7 Å². The number of aromatic nitrogens is 1. The SMILES string of the molecule is CN=C(NCCOc1cccnc1)NCC(C)Sc1ccccc1. The molecule has 1 unspecified atom stereocenters. The van der Waals surface area contributed by atoms with Gasteiger partial charge in [-0.3, -0.25) is 9.98 Å². The van der Waals surface area contributed by atoms with Crippen molar-refractivity contribution in [3.8, 4) is 5.75 Å². The number of rotatable bonds is 8. The van der Waals surface area contributed by atoms with Gasteiger partial charge in [-0.1, -0.05) is 25.1 Å². The van der Waals surface area contributed by atoms with Gasteiger partial charge in [0, 0.05) is 29.9 Å². The largest absolute Gasteiger partial charge is 0.490 e. The Bertz CT molecular complexity index is 607. The summed E-state index contributed by atoms with van der Waals surface area (Å²) in [6.07, 6.45) is 3.43. The highest BCUT2D eigenvalue weighted by molar-refractivity contribution is 8.00. The van der Waals surface area contributed by atoms with Gasteiger partial charge in [0.2, 0.25) is 0 Å². The van der Waals surface area contributed by atoms with E-state index in [0.29, 0.717) is 18.4 Å². The Morgan fingerprint density at radius 1 is 1.21 bits per heavy atom. The molecule has 0 aliphatic carbocycles. The molecule has 0 bridgehead atoms. The molecule has 2 N–H and O–H groups in total. The van der Waals surface area contributed by atoms with Crippen molar-refractivity contribution in [2.75, 3.05) is 26.7 Å². The van der Waals surface area contributed by atoms with Crippen LogP contribution in [0.3, 0.4) is 0 Å². The molecular weight excluding hydrogens is 320 g/mol. The number of ether oxygens (including phenoxy) is 1. The molecule has 5 nitrogen and oxygen atoms in total. The van der Waals surface area contributed by atoms with E-state index in [-0.39, 0.29) is 0 Å². The number of guanidine groups is 1. The molecule has 1 atom stereocenters. The summed E-state index contributed by atoms with van der Waals surface area (Å²) in [7, 11) is 1.77. The van der Waals surface area contributed by atoms with Gasteiger partial charge in [0.05, 0.1) is 12.7 Å². The van der Waals surface area contributed by atoms with E-state index in [2.05, 4.69) is 51.8 Å². The first kappa shape index (κ1) is 18.1. The lowest BCUT2D eigenvalue weighted by molar-refractivity contribution is 0.320. The average molecular weight is 344 g/mol. The van der Waals surface area contributed by atoms with Gasteiger partial charge in [-0.15, -0.1) is 11.8 Å². The first-order valence-electron chi connectivity index (χ1n) is 7.97. The standard InChI is InChI=1S/C18H24N4OS/c1-15(24-17-8-4-3-5-9-17)13-22-18(19-2)21-11-12-23-16-7-6-10-20-14-16/h3-10,14-15H,11-13H2,1-2H3,(H2,19,21,22). The zero-order valence-electron chi connectivity index (χ0n) is 14.1. The highest BCUT2D eigenvalue weighted by Crippen LogP contribution is 2.21. The van der Waals surface area contributed by atoms with Gasteiger partial charge in [-0.05, 0) is 24.3 Å². The molecule has 0 spiro atoms. The van der Waals surface area contributed by atoms with Crippen LogP contribution in [-0.2, 0) is 0 Å². The number of pyridine rings is 1. The predicted octanol–water partition coefficient (Wildman–Crippen LogP) is 2.81. The highest BCUT2D eigenvalue weighted by Gasteiger charge is 2.05. The van der Waals surface area contributed by atoms with Crippen molar-refractivity contribution in [1.29, 1.82) is 0 Å². The minimum absolute atomic E-state index is 0.442. The van der Waals surface area contributed by atoms with Crippen LogP contribution in [0.25, 0.3) is 0 Å². The molecule has 0 fully saturated rings. The number of benzene rings is 1. The first-order valence-corrected chi connectivity index (χ1v) is 8.85. The Balaban J connectivity index is 1.63. The van der Waals surface area contributed by atoms with Gasteiger partial charge < -0.3 is 15.4 Å². The van der Waals surface area contributed by atoms with Crippen LogP contribution in [0.2, 0.25) is 0 Å². The summed E-state index contributed by atoms with van der Waals surface area (Å²) in [5.41, 5.74) is 0. The van der Waals surface area contributed by atoms with E-state index >= 15 is 0 Å². The number of hydrogen-bond donors (Lipinski definition) is 2. The summed E-state index contributed by atoms with van der Waals surface area (Å²) in [6.45, 7) is 4.27. The zero-order chi connectivity index (χ0) is 17.0. The lowest BCUT2D eigenvalue weighted by Gasteiger charge is -2.16. The summed E-state index contributed by atoms with van der Waals surface area (Å²) in [5, 5.41) is 7.02. The molecule has 0 aliphatic heterocycles. The van der Waals surface area contributed by atoms with Crippen LogP contribution in [0.4, 0.5) is 0 Å². The Labute approximate surface area is 147 Å². The molecular formula is C18H24N4OS. The van der Waals surface area contributed by atoms with Crippen LogP contribution in [-0.4, -0.2) is 42.9 Å². The zero-order valence-corrected chi connectivity index (χ0v) is 14.9. The third-order valence-corrected chi connectivity index (χ3v) is 4.27. The van der Waals surface area contributed by atoms with E-state index in [4.69, 9.17) is 4.74 Å². The molecule has 2 aromatic rings. The number of nitrogens with one attached hydrogen (secondary N) is 2. The van der Waals surface area contributed by atoms with E-state index in [1.54, 1.807) is 19.4 Å². The normalized spacial score (nSPS) is 12.5. The van der Waals surface area contributed by atoms with Crippen LogP contribution in [0.5, 0.6) is 5.75 Å². The second-order valence-electron chi connectivity index (χ2n) is 5.16. The minimum Gasteiger partial charge on any atom is -0.490 e. The molecule has 0 aliphatic rings. The van der Waals surface area contributed by atoms with Crippen molar-refractivity contribution < 1.29 is 4.74 Å². The van der Waals surface area contributed by atoms with Crippen LogP contribution in [0, 0.1) is 0 Å². The van der Waals surface area contributed by atoms with E-state index in [9.17, 15) is 0 Å². The monoisotopic (exact) mass is 344 g/mol. The summed E-state index contributed by atoms with van der Waals surface area (Å²) < 4.78 is 5.59. The Kier molecular flexibility index (Phi) is 7.97.